The maximum Gasteiger partial charge on any atom is 0.285 e. The van der Waals surface area contributed by atoms with Crippen LogP contribution in [0.5, 0.6) is 0 Å². The van der Waals surface area contributed by atoms with Crippen molar-refractivity contribution < 1.29 is 19.7 Å². The fraction of sp³-hybridized carbons (Fsp3) is 0. The zero-order chi connectivity index (χ0) is 33.9. The van der Waals surface area contributed by atoms with Crippen LogP contribution in [0.2, 0.25) is 0 Å². The van der Waals surface area contributed by atoms with E-state index in [1.165, 1.54) is 12.1 Å². The summed E-state index contributed by atoms with van der Waals surface area (Å²) >= 11 is 0. The average Bonchev–Trinajstić information content (AvgIpc) is 3.08. The first-order valence-electron chi connectivity index (χ1n) is 14.1. The molecular weight excluding hydrogens is 620 g/mol. The molecule has 0 amide bonds. The fourth-order valence-electron chi connectivity index (χ4n) is 5.51. The van der Waals surface area contributed by atoms with E-state index in [1.54, 1.807) is 36.4 Å². The second kappa shape index (κ2) is 12.6. The lowest BCUT2D eigenvalue weighted by Gasteiger charge is -2.16. The second-order valence-corrected chi connectivity index (χ2v) is 10.3. The van der Waals surface area contributed by atoms with Gasteiger partial charge < -0.3 is 0 Å². The monoisotopic (exact) mass is 640 g/mol. The van der Waals surface area contributed by atoms with Gasteiger partial charge in [-0.05, 0) is 45.8 Å². The van der Waals surface area contributed by atoms with Gasteiger partial charge in [-0.15, -0.1) is 0 Å². The molecule has 6 aromatic carbocycles. The maximum atomic E-state index is 11.8. The molecule has 0 aliphatic rings. The van der Waals surface area contributed by atoms with E-state index < -0.39 is 42.4 Å². The molecule has 0 radical (unpaired) electrons. The van der Waals surface area contributed by atoms with E-state index in [4.69, 9.17) is 0 Å². The summed E-state index contributed by atoms with van der Waals surface area (Å²) < 4.78 is 0. The molecule has 0 fully saturated rings. The Morgan fingerprint density at radius 3 is 1.08 bits per heavy atom. The van der Waals surface area contributed by atoms with Gasteiger partial charge >= 0.3 is 0 Å². The van der Waals surface area contributed by atoms with Gasteiger partial charge in [-0.1, -0.05) is 60.7 Å². The molecule has 48 heavy (non-hydrogen) atoms. The molecule has 0 saturated heterocycles. The molecule has 14 heteroatoms. The highest BCUT2D eigenvalue weighted by molar-refractivity contribution is 6.14. The third-order valence-corrected chi connectivity index (χ3v) is 7.64. The minimum Gasteiger partial charge on any atom is -0.258 e. The number of nitrogens with zero attached hydrogens (tertiary/aromatic N) is 6. The van der Waals surface area contributed by atoms with Crippen LogP contribution in [0.3, 0.4) is 0 Å². The Hall–Kier alpha value is -7.22. The first-order chi connectivity index (χ1) is 23.2. The molecule has 6 rings (SSSR count). The zero-order valence-electron chi connectivity index (χ0n) is 24.5. The first kappa shape index (κ1) is 30.8. The predicted molar refractivity (Wildman–Crippen MR) is 181 cm³/mol. The lowest BCUT2D eigenvalue weighted by molar-refractivity contribution is -0.394. The van der Waals surface area contributed by atoms with E-state index in [-0.39, 0.29) is 22.5 Å². The van der Waals surface area contributed by atoms with Crippen LogP contribution in [-0.2, 0) is 0 Å². The molecule has 0 aliphatic carbocycles. The summed E-state index contributed by atoms with van der Waals surface area (Å²) in [5.74, 6) is 0. The zero-order valence-corrected chi connectivity index (χ0v) is 24.5. The normalized spacial score (nSPS) is 11.4. The minimum absolute atomic E-state index is 0.283. The number of fused-ring (bicyclic) bond motifs is 2. The Morgan fingerprint density at radius 2 is 0.750 bits per heavy atom. The molecule has 0 atom stereocenters. The van der Waals surface area contributed by atoms with Gasteiger partial charge in [0, 0.05) is 47.8 Å². The van der Waals surface area contributed by atoms with Gasteiger partial charge in [0.1, 0.15) is 11.1 Å². The highest BCUT2D eigenvalue weighted by atomic mass is 16.6. The number of hydrogen-bond donors (Lipinski definition) is 0. The molecule has 0 aliphatic heterocycles. The number of nitro groups is 4. The van der Waals surface area contributed by atoms with Crippen molar-refractivity contribution in [2.45, 2.75) is 0 Å². The molecule has 6 aromatic rings. The fourth-order valence-corrected chi connectivity index (χ4v) is 5.51. The molecule has 0 N–H and O–H groups in total. The maximum absolute atomic E-state index is 11.8. The summed E-state index contributed by atoms with van der Waals surface area (Å²) in [6.07, 6.45) is 2.16. The van der Waals surface area contributed by atoms with Crippen LogP contribution in [0, 0.1) is 40.5 Å². The molecule has 14 nitrogen and oxygen atoms in total. The molecule has 0 heterocycles. The molecule has 234 valence electrons. The largest absolute Gasteiger partial charge is 0.285 e. The molecule has 0 saturated carbocycles. The number of nitro benzene ring substituents is 4. The van der Waals surface area contributed by atoms with Crippen LogP contribution in [0.1, 0.15) is 11.1 Å². The van der Waals surface area contributed by atoms with Crippen LogP contribution >= 0.6 is 0 Å². The van der Waals surface area contributed by atoms with Crippen LogP contribution in [-0.4, -0.2) is 32.1 Å². The molecule has 0 bridgehead atoms. The van der Waals surface area contributed by atoms with Gasteiger partial charge in [-0.3, -0.25) is 50.4 Å². The van der Waals surface area contributed by atoms with Gasteiger partial charge in [-0.25, -0.2) is 0 Å². The van der Waals surface area contributed by atoms with Crippen LogP contribution < -0.4 is 0 Å². The topological polar surface area (TPSA) is 197 Å². The molecule has 0 aromatic heterocycles. The van der Waals surface area contributed by atoms with Crippen molar-refractivity contribution in [2.75, 3.05) is 0 Å². The summed E-state index contributed by atoms with van der Waals surface area (Å²) in [6.45, 7) is 0. The van der Waals surface area contributed by atoms with Gasteiger partial charge in [0.15, 0.2) is 0 Å². The quantitative estimate of drug-likeness (QED) is 0.0848. The Labute approximate surface area is 269 Å². The van der Waals surface area contributed by atoms with Gasteiger partial charge in [0.25, 0.3) is 22.7 Å². The van der Waals surface area contributed by atoms with Crippen LogP contribution in [0.15, 0.2) is 119 Å². The lowest BCUT2D eigenvalue weighted by Crippen LogP contribution is -2.00. The third kappa shape index (κ3) is 5.67. The number of benzene rings is 6. The summed E-state index contributed by atoms with van der Waals surface area (Å²) in [7, 11) is 0. The van der Waals surface area contributed by atoms with Crippen molar-refractivity contribution in [1.29, 1.82) is 0 Å². The van der Waals surface area contributed by atoms with Crippen molar-refractivity contribution in [1.82, 2.24) is 0 Å². The van der Waals surface area contributed by atoms with Gasteiger partial charge in [-0.2, -0.15) is 0 Å². The Bertz CT molecular complexity index is 2160. The summed E-state index contributed by atoms with van der Waals surface area (Å²) in [4.78, 5) is 53.4. The number of aliphatic imine (C=N–C) groups is 2. The van der Waals surface area contributed by atoms with Crippen LogP contribution in [0.25, 0.3) is 32.7 Å². The number of hydrogen-bond acceptors (Lipinski definition) is 10. The van der Waals surface area contributed by atoms with E-state index in [9.17, 15) is 40.5 Å². The van der Waals surface area contributed by atoms with E-state index in [0.29, 0.717) is 21.9 Å². The SMILES string of the molecule is O=[N+]([O-])c1cccc([N+](=O)[O-])c1C=Nc1ccc2ccccc2c1-c1c(/N=C/c2c([N+](=O)[O-])cccc2[N+](=O)[O-])ccc2ccccc12. The molecule has 0 spiro atoms. The minimum atomic E-state index is -0.727. The van der Waals surface area contributed by atoms with E-state index >= 15 is 0 Å². The lowest BCUT2D eigenvalue weighted by atomic mass is 9.91. The predicted octanol–water partition coefficient (Wildman–Crippen LogP) is 8.79. The first-order valence-corrected chi connectivity index (χ1v) is 14.1. The smallest absolute Gasteiger partial charge is 0.258 e. The molecular formula is C34H20N6O8. The number of rotatable bonds is 9. The second-order valence-electron chi connectivity index (χ2n) is 10.3. The van der Waals surface area contributed by atoms with Crippen LogP contribution in [0.4, 0.5) is 34.1 Å². The van der Waals surface area contributed by atoms with Gasteiger partial charge in [0.05, 0.1) is 31.1 Å². The van der Waals surface area contributed by atoms with Crippen molar-refractivity contribution in [2.24, 2.45) is 9.98 Å². The van der Waals surface area contributed by atoms with Crippen molar-refractivity contribution >= 4 is 68.1 Å². The Morgan fingerprint density at radius 1 is 0.417 bits per heavy atom. The van der Waals surface area contributed by atoms with E-state index in [2.05, 4.69) is 9.98 Å². The summed E-state index contributed by atoms with van der Waals surface area (Å²) in [6, 6.07) is 28.6. The van der Waals surface area contributed by atoms with Gasteiger partial charge in [0.2, 0.25) is 0 Å². The van der Waals surface area contributed by atoms with E-state index in [1.807, 2.05) is 36.4 Å². The third-order valence-electron chi connectivity index (χ3n) is 7.64. The highest BCUT2D eigenvalue weighted by Crippen LogP contribution is 2.46. The standard InChI is InChI=1S/C34H20N6O8/c41-37(42)29-11-5-12-30(38(43)44)25(29)19-35-27-17-15-21-7-1-3-9-23(21)33(27)34-24-10-4-2-8-22(24)16-18-28(34)36-20-26-31(39(45)46)13-6-14-32(26)40(47)48/h1-20H/b35-19+,36-20?. The Kier molecular flexibility index (Phi) is 8.11. The van der Waals surface area contributed by atoms with Crippen molar-refractivity contribution in [3.05, 3.63) is 161 Å². The Balaban J connectivity index is 1.66. The summed E-state index contributed by atoms with van der Waals surface area (Å²) in [5, 5.41) is 50.2. The van der Waals surface area contributed by atoms with Crippen molar-refractivity contribution in [3.63, 3.8) is 0 Å². The molecule has 0 unspecified atom stereocenters. The van der Waals surface area contributed by atoms with Crippen molar-refractivity contribution in [3.8, 4) is 11.1 Å². The average molecular weight is 641 g/mol. The summed E-state index contributed by atoms with van der Waals surface area (Å²) in [5.41, 5.74) is -1.03. The van der Waals surface area contributed by atoms with E-state index in [0.717, 1.165) is 47.5 Å². The highest BCUT2D eigenvalue weighted by Gasteiger charge is 2.25.